The van der Waals surface area contributed by atoms with Gasteiger partial charge in [0.1, 0.15) is 5.82 Å². The van der Waals surface area contributed by atoms with E-state index in [4.69, 9.17) is 35.4 Å². The van der Waals surface area contributed by atoms with Crippen molar-refractivity contribution >= 4 is 52.1 Å². The molecule has 1 amide bonds. The Labute approximate surface area is 136 Å². The molecule has 0 aliphatic heterocycles. The number of benzene rings is 2. The van der Waals surface area contributed by atoms with Crippen LogP contribution in [0, 0.1) is 5.82 Å². The summed E-state index contributed by atoms with van der Waals surface area (Å²) >= 11 is 16.7. The molecule has 2 N–H and O–H groups in total. The van der Waals surface area contributed by atoms with Gasteiger partial charge in [-0.05, 0) is 42.5 Å². The molecule has 0 heterocycles. The molecule has 21 heavy (non-hydrogen) atoms. The maximum absolute atomic E-state index is 13.5. The van der Waals surface area contributed by atoms with Gasteiger partial charge in [0.25, 0.3) is 5.91 Å². The summed E-state index contributed by atoms with van der Waals surface area (Å²) in [7, 11) is 0. The first-order valence-corrected chi connectivity index (χ1v) is 6.95. The fourth-order valence-electron chi connectivity index (χ4n) is 1.60. The average molecular weight is 343 g/mol. The highest BCUT2D eigenvalue weighted by Crippen LogP contribution is 2.22. The zero-order valence-corrected chi connectivity index (χ0v) is 12.8. The van der Waals surface area contributed by atoms with Gasteiger partial charge in [-0.2, -0.15) is 0 Å². The molecule has 0 aromatic heterocycles. The van der Waals surface area contributed by atoms with E-state index in [9.17, 15) is 9.18 Å². The number of nitrogens with one attached hydrogen (secondary N) is 2. The van der Waals surface area contributed by atoms with Crippen LogP contribution in [0.4, 0.5) is 10.1 Å². The van der Waals surface area contributed by atoms with Crippen molar-refractivity contribution in [2.75, 3.05) is 5.32 Å². The first-order valence-electron chi connectivity index (χ1n) is 5.78. The molecular weight excluding hydrogens is 334 g/mol. The number of anilines is 1. The van der Waals surface area contributed by atoms with Crippen molar-refractivity contribution in [3.05, 3.63) is 63.9 Å². The molecule has 0 unspecified atom stereocenters. The Bertz CT molecular complexity index is 689. The summed E-state index contributed by atoms with van der Waals surface area (Å²) in [6.07, 6.45) is 0. The molecule has 0 fully saturated rings. The lowest BCUT2D eigenvalue weighted by Crippen LogP contribution is -2.34. The molecule has 0 saturated carbocycles. The number of hydrogen-bond acceptors (Lipinski definition) is 2. The third kappa shape index (κ3) is 4.39. The van der Waals surface area contributed by atoms with Crippen LogP contribution >= 0.6 is 35.4 Å². The van der Waals surface area contributed by atoms with Crippen LogP contribution in [0.5, 0.6) is 0 Å². The second-order valence-electron chi connectivity index (χ2n) is 4.05. The SMILES string of the molecule is O=C(NC(=S)Nc1cc(Cl)cc(Cl)c1)c1ccccc1F. The monoisotopic (exact) mass is 342 g/mol. The van der Waals surface area contributed by atoms with E-state index in [0.717, 1.165) is 0 Å². The molecule has 0 radical (unpaired) electrons. The highest BCUT2D eigenvalue weighted by molar-refractivity contribution is 7.80. The summed E-state index contributed by atoms with van der Waals surface area (Å²) in [6.45, 7) is 0. The fourth-order valence-corrected chi connectivity index (χ4v) is 2.34. The molecule has 2 aromatic carbocycles. The van der Waals surface area contributed by atoms with E-state index < -0.39 is 11.7 Å². The van der Waals surface area contributed by atoms with Gasteiger partial charge in [0, 0.05) is 15.7 Å². The molecule has 0 atom stereocenters. The maximum Gasteiger partial charge on any atom is 0.260 e. The lowest BCUT2D eigenvalue weighted by molar-refractivity contribution is 0.0974. The smallest absolute Gasteiger partial charge is 0.260 e. The van der Waals surface area contributed by atoms with E-state index in [1.54, 1.807) is 24.3 Å². The Morgan fingerprint density at radius 1 is 1.10 bits per heavy atom. The Morgan fingerprint density at radius 3 is 2.33 bits per heavy atom. The van der Waals surface area contributed by atoms with Gasteiger partial charge in [0.2, 0.25) is 0 Å². The Hall–Kier alpha value is -1.69. The third-order valence-corrected chi connectivity index (χ3v) is 3.11. The standard InChI is InChI=1S/C14H9Cl2FN2OS/c15-8-5-9(16)7-10(6-8)18-14(21)19-13(20)11-3-1-2-4-12(11)17/h1-7H,(H2,18,19,20,21). The number of thiocarbonyl (C=S) groups is 1. The zero-order valence-electron chi connectivity index (χ0n) is 10.5. The summed E-state index contributed by atoms with van der Waals surface area (Å²) < 4.78 is 13.5. The van der Waals surface area contributed by atoms with Gasteiger partial charge in [-0.3, -0.25) is 10.1 Å². The molecule has 0 aliphatic rings. The summed E-state index contributed by atoms with van der Waals surface area (Å²) in [4.78, 5) is 11.9. The minimum atomic E-state index is -0.640. The van der Waals surface area contributed by atoms with Crippen LogP contribution in [0.3, 0.4) is 0 Å². The van der Waals surface area contributed by atoms with Crippen molar-refractivity contribution in [2.45, 2.75) is 0 Å². The first kappa shape index (κ1) is 15.7. The van der Waals surface area contributed by atoms with Crippen molar-refractivity contribution in [2.24, 2.45) is 0 Å². The fraction of sp³-hybridized carbons (Fsp3) is 0. The van der Waals surface area contributed by atoms with E-state index in [1.165, 1.54) is 18.2 Å². The highest BCUT2D eigenvalue weighted by atomic mass is 35.5. The van der Waals surface area contributed by atoms with Crippen molar-refractivity contribution in [1.29, 1.82) is 0 Å². The van der Waals surface area contributed by atoms with Crippen LogP contribution in [0.2, 0.25) is 10.0 Å². The minimum absolute atomic E-state index is 0.0154. The summed E-state index contributed by atoms with van der Waals surface area (Å²) in [5.41, 5.74) is 0.428. The third-order valence-electron chi connectivity index (χ3n) is 2.47. The summed E-state index contributed by atoms with van der Waals surface area (Å²) in [5.74, 6) is -1.26. The predicted octanol–water partition coefficient (Wildman–Crippen LogP) is 4.26. The number of amides is 1. The van der Waals surface area contributed by atoms with Crippen molar-refractivity contribution < 1.29 is 9.18 Å². The molecule has 2 rings (SSSR count). The van der Waals surface area contributed by atoms with E-state index in [1.807, 2.05) is 0 Å². The second-order valence-corrected chi connectivity index (χ2v) is 5.33. The van der Waals surface area contributed by atoms with E-state index in [0.29, 0.717) is 15.7 Å². The van der Waals surface area contributed by atoms with Crippen LogP contribution in [0.1, 0.15) is 10.4 Å². The normalized spacial score (nSPS) is 10.0. The first-order chi connectivity index (χ1) is 9.95. The van der Waals surface area contributed by atoms with Crippen LogP contribution in [0.15, 0.2) is 42.5 Å². The predicted molar refractivity (Wildman–Crippen MR) is 86.5 cm³/mol. The second kappa shape index (κ2) is 6.85. The van der Waals surface area contributed by atoms with Gasteiger partial charge in [-0.1, -0.05) is 35.3 Å². The van der Waals surface area contributed by atoms with E-state index in [-0.39, 0.29) is 10.7 Å². The lowest BCUT2D eigenvalue weighted by atomic mass is 10.2. The molecule has 0 aliphatic carbocycles. The minimum Gasteiger partial charge on any atom is -0.332 e. The lowest BCUT2D eigenvalue weighted by Gasteiger charge is -2.10. The van der Waals surface area contributed by atoms with Gasteiger partial charge in [-0.25, -0.2) is 4.39 Å². The molecule has 0 saturated heterocycles. The Balaban J connectivity index is 2.05. The van der Waals surface area contributed by atoms with Crippen LogP contribution in [-0.4, -0.2) is 11.0 Å². The summed E-state index contributed by atoms with van der Waals surface area (Å²) in [6, 6.07) is 10.4. The molecule has 7 heteroatoms. The van der Waals surface area contributed by atoms with Crippen LogP contribution < -0.4 is 10.6 Å². The maximum atomic E-state index is 13.5. The van der Waals surface area contributed by atoms with Gasteiger partial charge >= 0.3 is 0 Å². The van der Waals surface area contributed by atoms with Crippen LogP contribution in [0.25, 0.3) is 0 Å². The number of halogens is 3. The Morgan fingerprint density at radius 2 is 1.71 bits per heavy atom. The summed E-state index contributed by atoms with van der Waals surface area (Å²) in [5, 5.41) is 6.00. The zero-order chi connectivity index (χ0) is 15.4. The van der Waals surface area contributed by atoms with Gasteiger partial charge < -0.3 is 5.32 Å². The van der Waals surface area contributed by atoms with Crippen molar-refractivity contribution in [3.63, 3.8) is 0 Å². The number of hydrogen-bond donors (Lipinski definition) is 2. The average Bonchev–Trinajstić information content (AvgIpc) is 2.37. The number of carbonyl (C=O) groups is 1. The van der Waals surface area contributed by atoms with Crippen molar-refractivity contribution in [3.8, 4) is 0 Å². The van der Waals surface area contributed by atoms with Crippen LogP contribution in [-0.2, 0) is 0 Å². The largest absolute Gasteiger partial charge is 0.332 e. The molecule has 3 nitrogen and oxygen atoms in total. The Kier molecular flexibility index (Phi) is 5.12. The molecule has 0 bridgehead atoms. The number of rotatable bonds is 2. The highest BCUT2D eigenvalue weighted by Gasteiger charge is 2.12. The molecular formula is C14H9Cl2FN2OS. The van der Waals surface area contributed by atoms with Gasteiger partial charge in [0.05, 0.1) is 5.56 Å². The quantitative estimate of drug-likeness (QED) is 0.801. The topological polar surface area (TPSA) is 41.1 Å². The molecule has 2 aromatic rings. The van der Waals surface area contributed by atoms with Gasteiger partial charge in [-0.15, -0.1) is 0 Å². The molecule has 108 valence electrons. The van der Waals surface area contributed by atoms with E-state index in [2.05, 4.69) is 10.6 Å². The van der Waals surface area contributed by atoms with Gasteiger partial charge in [0.15, 0.2) is 5.11 Å². The van der Waals surface area contributed by atoms with E-state index >= 15 is 0 Å². The number of carbonyl (C=O) groups excluding carboxylic acids is 1. The molecule has 0 spiro atoms. The van der Waals surface area contributed by atoms with Crippen molar-refractivity contribution in [1.82, 2.24) is 5.32 Å².